The van der Waals surface area contributed by atoms with Crippen LogP contribution in [0.5, 0.6) is 11.5 Å². The van der Waals surface area contributed by atoms with Gasteiger partial charge in [-0.3, -0.25) is 9.59 Å². The summed E-state index contributed by atoms with van der Waals surface area (Å²) in [5.41, 5.74) is 2.30. The third-order valence-electron chi connectivity index (χ3n) is 7.37. The zero-order chi connectivity index (χ0) is 28.8. The number of aryl methyl sites for hydroxylation is 1. The van der Waals surface area contributed by atoms with E-state index >= 15 is 0 Å². The number of fused-ring (bicyclic) bond motifs is 1. The number of piperidine rings is 1. The average Bonchev–Trinajstić information content (AvgIpc) is 3.00. The molecule has 0 unspecified atom stereocenters. The molecule has 1 atom stereocenters. The maximum Gasteiger partial charge on any atom is 0.265 e. The van der Waals surface area contributed by atoms with Crippen LogP contribution < -0.4 is 19.7 Å². The zero-order valence-corrected chi connectivity index (χ0v) is 23.9. The molecule has 1 fully saturated rings. The summed E-state index contributed by atoms with van der Waals surface area (Å²) in [4.78, 5) is 28.0. The molecule has 0 radical (unpaired) electrons. The maximum absolute atomic E-state index is 13.4. The summed E-state index contributed by atoms with van der Waals surface area (Å²) in [6.45, 7) is 3.03. The summed E-state index contributed by atoms with van der Waals surface area (Å²) in [6, 6.07) is 21.7. The van der Waals surface area contributed by atoms with Crippen LogP contribution in [0.3, 0.4) is 0 Å². The molecule has 0 bridgehead atoms. The number of rotatable bonds is 9. The van der Waals surface area contributed by atoms with Crippen molar-refractivity contribution < 1.29 is 27.5 Å². The molecule has 0 aromatic heterocycles. The molecule has 3 aromatic rings. The molecule has 41 heavy (non-hydrogen) atoms. The van der Waals surface area contributed by atoms with E-state index in [4.69, 9.17) is 9.47 Å². The van der Waals surface area contributed by atoms with Crippen LogP contribution in [0.4, 0.5) is 5.69 Å². The van der Waals surface area contributed by atoms with Crippen LogP contribution in [0, 0.1) is 6.92 Å². The number of carbonyl (C=O) groups is 2. The molecule has 2 heterocycles. The lowest BCUT2D eigenvalue weighted by Crippen LogP contribution is -2.52. The van der Waals surface area contributed by atoms with Crippen molar-refractivity contribution in [2.45, 2.75) is 43.6 Å². The van der Waals surface area contributed by atoms with E-state index in [1.165, 1.54) is 15.3 Å². The van der Waals surface area contributed by atoms with Crippen molar-refractivity contribution in [3.63, 3.8) is 0 Å². The second kappa shape index (κ2) is 12.7. The van der Waals surface area contributed by atoms with Crippen LogP contribution in [0.25, 0.3) is 0 Å². The van der Waals surface area contributed by atoms with Gasteiger partial charge < -0.3 is 19.7 Å². The van der Waals surface area contributed by atoms with Crippen molar-refractivity contribution in [1.29, 1.82) is 0 Å². The molecular weight excluding hydrogens is 542 g/mol. The number of hydrogen-bond donors (Lipinski definition) is 1. The van der Waals surface area contributed by atoms with Crippen LogP contribution in [0.15, 0.2) is 77.7 Å². The Morgan fingerprint density at radius 2 is 1.71 bits per heavy atom. The van der Waals surface area contributed by atoms with Gasteiger partial charge in [-0.2, -0.15) is 4.31 Å². The highest BCUT2D eigenvalue weighted by molar-refractivity contribution is 7.89. The minimum atomic E-state index is -3.57. The molecule has 0 spiro atoms. The van der Waals surface area contributed by atoms with Crippen molar-refractivity contribution in [3.8, 4) is 11.5 Å². The molecule has 10 heteroatoms. The number of hydrogen-bond acceptors (Lipinski definition) is 6. The van der Waals surface area contributed by atoms with E-state index in [9.17, 15) is 18.0 Å². The molecule has 0 aliphatic carbocycles. The fourth-order valence-corrected chi connectivity index (χ4v) is 6.71. The van der Waals surface area contributed by atoms with Gasteiger partial charge in [0.25, 0.3) is 11.8 Å². The van der Waals surface area contributed by atoms with E-state index in [1.807, 2.05) is 30.3 Å². The van der Waals surface area contributed by atoms with Gasteiger partial charge in [-0.25, -0.2) is 8.42 Å². The molecular formula is C31H35N3O6S. The summed E-state index contributed by atoms with van der Waals surface area (Å²) in [6.07, 6.45) is 2.58. The van der Waals surface area contributed by atoms with Crippen LogP contribution in [0.2, 0.25) is 0 Å². The van der Waals surface area contributed by atoms with Crippen LogP contribution in [0.1, 0.15) is 30.4 Å². The van der Waals surface area contributed by atoms with Crippen molar-refractivity contribution >= 4 is 27.5 Å². The number of carbonyl (C=O) groups excluding carboxylic acids is 2. The summed E-state index contributed by atoms with van der Waals surface area (Å²) in [5.74, 6) is 0.231. The summed E-state index contributed by atoms with van der Waals surface area (Å²) >= 11 is 0. The van der Waals surface area contributed by atoms with Gasteiger partial charge in [-0.15, -0.1) is 0 Å². The second-order valence-corrected chi connectivity index (χ2v) is 12.2. The smallest absolute Gasteiger partial charge is 0.265 e. The van der Waals surface area contributed by atoms with Gasteiger partial charge >= 0.3 is 0 Å². The van der Waals surface area contributed by atoms with E-state index in [0.717, 1.165) is 24.8 Å². The first-order chi connectivity index (χ1) is 19.8. The fraction of sp³-hybridized carbons (Fsp3) is 0.355. The van der Waals surface area contributed by atoms with Gasteiger partial charge in [0.2, 0.25) is 10.0 Å². The van der Waals surface area contributed by atoms with E-state index in [-0.39, 0.29) is 29.9 Å². The minimum Gasteiger partial charge on any atom is -0.483 e. The first-order valence-electron chi connectivity index (χ1n) is 13.9. The van der Waals surface area contributed by atoms with Gasteiger partial charge in [0, 0.05) is 19.6 Å². The van der Waals surface area contributed by atoms with E-state index in [1.54, 1.807) is 43.3 Å². The molecule has 2 aliphatic rings. The number of sulfonamides is 1. The molecule has 1 N–H and O–H groups in total. The third-order valence-corrected chi connectivity index (χ3v) is 9.27. The lowest BCUT2D eigenvalue weighted by atomic mass is 10.1. The monoisotopic (exact) mass is 577 g/mol. The van der Waals surface area contributed by atoms with Crippen molar-refractivity contribution in [2.24, 2.45) is 0 Å². The van der Waals surface area contributed by atoms with Crippen molar-refractivity contribution in [1.82, 2.24) is 9.62 Å². The minimum absolute atomic E-state index is 0.0440. The lowest BCUT2D eigenvalue weighted by molar-refractivity contribution is -0.128. The standard InChI is InChI=1S/C31H35N3O6S/c1-23-20-25(41(37,38)33-18-8-3-9-19-33)14-15-27(23)39-22-30(35)34-21-29(40-28-13-7-6-12-26(28)34)31(36)32-17-16-24-10-4-2-5-11-24/h2,4-7,10-15,20,29H,3,8-9,16-19,21-22H2,1H3,(H,32,36)/t29-/m0/s1. The lowest BCUT2D eigenvalue weighted by Gasteiger charge is -2.34. The normalized spacial score (nSPS) is 17.3. The number of amides is 2. The number of para-hydroxylation sites is 2. The average molecular weight is 578 g/mol. The molecule has 9 nitrogen and oxygen atoms in total. The van der Waals surface area contributed by atoms with Crippen LogP contribution in [-0.4, -0.2) is 63.4 Å². The van der Waals surface area contributed by atoms with Gasteiger partial charge in [-0.05, 0) is 67.6 Å². The first-order valence-corrected chi connectivity index (χ1v) is 15.4. The van der Waals surface area contributed by atoms with Crippen molar-refractivity contribution in [2.75, 3.05) is 37.7 Å². The highest BCUT2D eigenvalue weighted by Gasteiger charge is 2.34. The Kier molecular flexibility index (Phi) is 8.90. The number of ether oxygens (including phenoxy) is 2. The molecule has 2 aliphatic heterocycles. The Morgan fingerprint density at radius 1 is 0.976 bits per heavy atom. The predicted octanol–water partition coefficient (Wildman–Crippen LogP) is 3.70. The second-order valence-electron chi connectivity index (χ2n) is 10.3. The Hall–Kier alpha value is -3.89. The molecule has 2 amide bonds. The number of benzene rings is 3. The maximum atomic E-state index is 13.4. The summed E-state index contributed by atoms with van der Waals surface area (Å²) in [5, 5.41) is 2.91. The molecule has 216 valence electrons. The zero-order valence-electron chi connectivity index (χ0n) is 23.1. The van der Waals surface area contributed by atoms with Crippen LogP contribution in [-0.2, 0) is 26.0 Å². The van der Waals surface area contributed by atoms with E-state index in [0.29, 0.717) is 48.8 Å². The Morgan fingerprint density at radius 3 is 2.46 bits per heavy atom. The largest absolute Gasteiger partial charge is 0.483 e. The van der Waals surface area contributed by atoms with Gasteiger partial charge in [0.1, 0.15) is 11.5 Å². The molecule has 0 saturated carbocycles. The molecule has 3 aromatic carbocycles. The van der Waals surface area contributed by atoms with Gasteiger partial charge in [0.15, 0.2) is 12.7 Å². The molecule has 1 saturated heterocycles. The topological polar surface area (TPSA) is 105 Å². The number of nitrogens with zero attached hydrogens (tertiary/aromatic N) is 2. The predicted molar refractivity (Wildman–Crippen MR) is 156 cm³/mol. The summed E-state index contributed by atoms with van der Waals surface area (Å²) < 4.78 is 39.4. The van der Waals surface area contributed by atoms with E-state index in [2.05, 4.69) is 5.32 Å². The van der Waals surface area contributed by atoms with E-state index < -0.39 is 16.1 Å². The van der Waals surface area contributed by atoms with Gasteiger partial charge in [0.05, 0.1) is 17.1 Å². The Bertz CT molecular complexity index is 1490. The third kappa shape index (κ3) is 6.71. The first kappa shape index (κ1) is 28.6. The highest BCUT2D eigenvalue weighted by atomic mass is 32.2. The highest BCUT2D eigenvalue weighted by Crippen LogP contribution is 2.33. The number of nitrogens with one attached hydrogen (secondary N) is 1. The SMILES string of the molecule is Cc1cc(S(=O)(=O)N2CCCCC2)ccc1OCC(=O)N1C[C@@H](C(=O)NCCc2ccccc2)Oc2ccccc21. The van der Waals surface area contributed by atoms with Crippen molar-refractivity contribution in [3.05, 3.63) is 83.9 Å². The Labute approximate surface area is 241 Å². The van der Waals surface area contributed by atoms with Gasteiger partial charge in [-0.1, -0.05) is 48.9 Å². The number of anilines is 1. The fourth-order valence-electron chi connectivity index (χ4n) is 5.11. The quantitative estimate of drug-likeness (QED) is 0.416. The summed E-state index contributed by atoms with van der Waals surface area (Å²) in [7, 11) is -3.57. The molecule has 5 rings (SSSR count). The van der Waals surface area contributed by atoms with Crippen LogP contribution >= 0.6 is 0 Å². The Balaban J connectivity index is 1.22.